The number of para-hydroxylation sites is 1. The van der Waals surface area contributed by atoms with Crippen LogP contribution in [-0.4, -0.2) is 20.7 Å². The maximum absolute atomic E-state index is 13.0. The van der Waals surface area contributed by atoms with Gasteiger partial charge in [-0.15, -0.1) is 0 Å². The van der Waals surface area contributed by atoms with Gasteiger partial charge in [0, 0.05) is 12.2 Å². The van der Waals surface area contributed by atoms with Crippen LogP contribution in [0.1, 0.15) is 26.3 Å². The number of hydrogen-bond donors (Lipinski definition) is 1. The van der Waals surface area contributed by atoms with E-state index in [1.54, 1.807) is 47.9 Å². The number of benzene rings is 2. The molecule has 1 aromatic heterocycles. The van der Waals surface area contributed by atoms with E-state index in [0.29, 0.717) is 33.9 Å². The van der Waals surface area contributed by atoms with Crippen molar-refractivity contribution < 1.29 is 4.79 Å². The lowest BCUT2D eigenvalue weighted by atomic mass is 10.2. The zero-order valence-corrected chi connectivity index (χ0v) is 17.4. The fourth-order valence-corrected chi connectivity index (χ4v) is 3.80. The molecule has 6 nitrogen and oxygen atoms in total. The Bertz CT molecular complexity index is 1150. The van der Waals surface area contributed by atoms with Crippen LogP contribution >= 0.6 is 11.8 Å². The van der Waals surface area contributed by atoms with E-state index in [9.17, 15) is 9.59 Å². The summed E-state index contributed by atoms with van der Waals surface area (Å²) in [6.07, 6.45) is 0. The summed E-state index contributed by atoms with van der Waals surface area (Å²) in [5.41, 5.74) is 1.56. The molecule has 0 spiro atoms. The van der Waals surface area contributed by atoms with Crippen LogP contribution in [0.3, 0.4) is 0 Å². The molecular weight excluding hydrogens is 384 g/mol. The molecular formula is C22H22N4O2S. The van der Waals surface area contributed by atoms with E-state index in [-0.39, 0.29) is 17.4 Å². The van der Waals surface area contributed by atoms with Crippen molar-refractivity contribution >= 4 is 34.3 Å². The Morgan fingerprint density at radius 1 is 1.21 bits per heavy atom. The summed E-state index contributed by atoms with van der Waals surface area (Å²) in [6.45, 7) is 6.37. The van der Waals surface area contributed by atoms with Crippen molar-refractivity contribution in [2.24, 2.45) is 5.92 Å². The average Bonchev–Trinajstić information content (AvgIpc) is 2.70. The number of amides is 1. The summed E-state index contributed by atoms with van der Waals surface area (Å²) < 4.78 is 1.65. The standard InChI is InChI=1S/C22H22N4O2S/c1-14(2)13-26-21(28)18-9-4-5-10-19(18)25-22(26)29-15(3)20(27)24-17-8-6-7-16(11-17)12-23/h4-11,14-15H,13H2,1-3H3,(H,24,27)/t15-/m1/s1. The first kappa shape index (κ1) is 20.6. The zero-order chi connectivity index (χ0) is 21.0. The van der Waals surface area contributed by atoms with Gasteiger partial charge in [0.15, 0.2) is 5.16 Å². The molecule has 3 rings (SSSR count). The van der Waals surface area contributed by atoms with E-state index in [1.165, 1.54) is 11.8 Å². The number of fused-ring (bicyclic) bond motifs is 1. The number of carbonyl (C=O) groups is 1. The molecule has 0 fully saturated rings. The molecule has 0 unspecified atom stereocenters. The van der Waals surface area contributed by atoms with Crippen LogP contribution in [-0.2, 0) is 11.3 Å². The van der Waals surface area contributed by atoms with Crippen LogP contribution in [0.15, 0.2) is 58.5 Å². The Morgan fingerprint density at radius 3 is 2.69 bits per heavy atom. The van der Waals surface area contributed by atoms with Gasteiger partial charge >= 0.3 is 0 Å². The topological polar surface area (TPSA) is 87.8 Å². The normalized spacial score (nSPS) is 12.0. The largest absolute Gasteiger partial charge is 0.325 e. The molecule has 0 aliphatic heterocycles. The summed E-state index contributed by atoms with van der Waals surface area (Å²) in [4.78, 5) is 30.3. The van der Waals surface area contributed by atoms with Gasteiger partial charge in [-0.05, 0) is 43.2 Å². The highest BCUT2D eigenvalue weighted by atomic mass is 32.2. The van der Waals surface area contributed by atoms with Crippen molar-refractivity contribution in [1.82, 2.24) is 9.55 Å². The van der Waals surface area contributed by atoms with Crippen molar-refractivity contribution in [1.29, 1.82) is 5.26 Å². The van der Waals surface area contributed by atoms with E-state index < -0.39 is 5.25 Å². The van der Waals surface area contributed by atoms with Gasteiger partial charge in [-0.2, -0.15) is 5.26 Å². The number of thioether (sulfide) groups is 1. The van der Waals surface area contributed by atoms with Gasteiger partial charge in [0.2, 0.25) is 5.91 Å². The first-order valence-electron chi connectivity index (χ1n) is 9.36. The summed E-state index contributed by atoms with van der Waals surface area (Å²) in [7, 11) is 0. The lowest BCUT2D eigenvalue weighted by Gasteiger charge is -2.17. The Hall–Kier alpha value is -3.11. The fourth-order valence-electron chi connectivity index (χ4n) is 2.89. The second kappa shape index (κ2) is 8.93. The molecule has 2 aromatic carbocycles. The minimum absolute atomic E-state index is 0.0962. The van der Waals surface area contributed by atoms with Gasteiger partial charge in [-0.3, -0.25) is 14.2 Å². The first-order valence-corrected chi connectivity index (χ1v) is 10.2. The molecule has 0 aliphatic carbocycles. The summed E-state index contributed by atoms with van der Waals surface area (Å²) in [6, 6.07) is 16.1. The van der Waals surface area contributed by atoms with Gasteiger partial charge in [0.25, 0.3) is 5.56 Å². The molecule has 0 saturated heterocycles. The van der Waals surface area contributed by atoms with Crippen LogP contribution in [0, 0.1) is 17.2 Å². The summed E-state index contributed by atoms with van der Waals surface area (Å²) in [5.74, 6) is 0.0384. The molecule has 7 heteroatoms. The number of aromatic nitrogens is 2. The van der Waals surface area contributed by atoms with Gasteiger partial charge in [-0.25, -0.2) is 4.98 Å². The zero-order valence-electron chi connectivity index (χ0n) is 16.5. The Kier molecular flexibility index (Phi) is 6.35. The lowest BCUT2D eigenvalue weighted by molar-refractivity contribution is -0.115. The monoisotopic (exact) mass is 406 g/mol. The third kappa shape index (κ3) is 4.84. The van der Waals surface area contributed by atoms with Crippen LogP contribution < -0.4 is 10.9 Å². The maximum Gasteiger partial charge on any atom is 0.262 e. The highest BCUT2D eigenvalue weighted by Gasteiger charge is 2.20. The number of hydrogen-bond acceptors (Lipinski definition) is 5. The Labute approximate surface area is 173 Å². The third-order valence-corrected chi connectivity index (χ3v) is 5.38. The van der Waals surface area contributed by atoms with Gasteiger partial charge in [0.1, 0.15) is 0 Å². The summed E-state index contributed by atoms with van der Waals surface area (Å²) >= 11 is 1.25. The minimum Gasteiger partial charge on any atom is -0.325 e. The van der Waals surface area contributed by atoms with Gasteiger partial charge < -0.3 is 5.32 Å². The molecule has 0 aliphatic rings. The van der Waals surface area contributed by atoms with Crippen molar-refractivity contribution in [3.05, 3.63) is 64.4 Å². The number of nitriles is 1. The molecule has 0 radical (unpaired) electrons. The second-order valence-electron chi connectivity index (χ2n) is 7.16. The molecule has 148 valence electrons. The Balaban J connectivity index is 1.88. The van der Waals surface area contributed by atoms with Crippen LogP contribution in [0.2, 0.25) is 0 Å². The predicted octanol–water partition coefficient (Wildman–Crippen LogP) is 4.04. The van der Waals surface area contributed by atoms with Gasteiger partial charge in [0.05, 0.1) is 27.8 Å². The number of carbonyl (C=O) groups excluding carboxylic acids is 1. The van der Waals surface area contributed by atoms with E-state index in [2.05, 4.69) is 16.4 Å². The molecule has 1 amide bonds. The molecule has 1 N–H and O–H groups in total. The van der Waals surface area contributed by atoms with E-state index >= 15 is 0 Å². The third-order valence-electron chi connectivity index (χ3n) is 4.28. The SMILES string of the molecule is CC(C)Cn1c(S[C@H](C)C(=O)Nc2cccc(C#N)c2)nc2ccccc2c1=O. The van der Waals surface area contributed by atoms with Crippen LogP contribution in [0.25, 0.3) is 10.9 Å². The highest BCUT2D eigenvalue weighted by Crippen LogP contribution is 2.24. The molecule has 1 heterocycles. The van der Waals surface area contributed by atoms with Crippen molar-refractivity contribution in [2.75, 3.05) is 5.32 Å². The predicted molar refractivity (Wildman–Crippen MR) is 116 cm³/mol. The van der Waals surface area contributed by atoms with Crippen LogP contribution in [0.5, 0.6) is 0 Å². The smallest absolute Gasteiger partial charge is 0.262 e. The van der Waals surface area contributed by atoms with Crippen molar-refractivity contribution in [3.8, 4) is 6.07 Å². The number of rotatable bonds is 6. The second-order valence-corrected chi connectivity index (χ2v) is 8.47. The average molecular weight is 407 g/mol. The molecule has 1 atom stereocenters. The first-order chi connectivity index (χ1) is 13.9. The van der Waals surface area contributed by atoms with Crippen LogP contribution in [0.4, 0.5) is 5.69 Å². The van der Waals surface area contributed by atoms with E-state index in [0.717, 1.165) is 0 Å². The maximum atomic E-state index is 13.0. The summed E-state index contributed by atoms with van der Waals surface area (Å²) in [5, 5.41) is 12.4. The van der Waals surface area contributed by atoms with Crippen molar-refractivity contribution in [3.63, 3.8) is 0 Å². The molecule has 0 bridgehead atoms. The Morgan fingerprint density at radius 2 is 1.97 bits per heavy atom. The van der Waals surface area contributed by atoms with Crippen molar-refractivity contribution in [2.45, 2.75) is 37.7 Å². The van der Waals surface area contributed by atoms with Gasteiger partial charge in [-0.1, -0.05) is 43.8 Å². The molecule has 29 heavy (non-hydrogen) atoms. The van der Waals surface area contributed by atoms with E-state index in [1.807, 2.05) is 26.0 Å². The molecule has 0 saturated carbocycles. The number of nitrogens with one attached hydrogen (secondary N) is 1. The lowest BCUT2D eigenvalue weighted by Crippen LogP contribution is -2.28. The molecule has 3 aromatic rings. The number of anilines is 1. The fraction of sp³-hybridized carbons (Fsp3) is 0.273. The van der Waals surface area contributed by atoms with E-state index in [4.69, 9.17) is 5.26 Å². The highest BCUT2D eigenvalue weighted by molar-refractivity contribution is 8.00. The minimum atomic E-state index is -0.479. The quantitative estimate of drug-likeness (QED) is 0.493. The number of nitrogens with zero attached hydrogens (tertiary/aromatic N) is 3.